The summed E-state index contributed by atoms with van der Waals surface area (Å²) in [6.07, 6.45) is 3.75. The van der Waals surface area contributed by atoms with Crippen molar-refractivity contribution in [2.45, 2.75) is 26.0 Å². The summed E-state index contributed by atoms with van der Waals surface area (Å²) < 4.78 is 16.3. The highest BCUT2D eigenvalue weighted by molar-refractivity contribution is 8.18. The number of ether oxygens (including phenoxy) is 3. The van der Waals surface area contributed by atoms with Crippen LogP contribution in [-0.2, 0) is 27.4 Å². The number of allylic oxidation sites excluding steroid dienone is 1. The van der Waals surface area contributed by atoms with Crippen molar-refractivity contribution in [3.63, 3.8) is 0 Å². The van der Waals surface area contributed by atoms with Gasteiger partial charge in [-0.2, -0.15) is 0 Å². The molecule has 0 N–H and O–H groups in total. The number of carbonyl (C=O) groups is 3. The van der Waals surface area contributed by atoms with Crippen molar-refractivity contribution in [3.8, 4) is 11.5 Å². The third-order valence-electron chi connectivity index (χ3n) is 5.18. The number of hydrogen-bond acceptors (Lipinski definition) is 7. The molecular weight excluding hydrogens is 513 g/mol. The minimum absolute atomic E-state index is 0.180. The third kappa shape index (κ3) is 6.01. The Morgan fingerprint density at radius 2 is 1.91 bits per heavy atom. The van der Waals surface area contributed by atoms with E-state index in [0.717, 1.165) is 27.8 Å². The number of nitrogens with zero attached hydrogens (tertiary/aromatic N) is 1. The van der Waals surface area contributed by atoms with Gasteiger partial charge in [0.1, 0.15) is 12.6 Å². The van der Waals surface area contributed by atoms with Gasteiger partial charge in [-0.25, -0.2) is 4.79 Å². The van der Waals surface area contributed by atoms with Crippen LogP contribution in [0.25, 0.3) is 6.08 Å². The van der Waals surface area contributed by atoms with Crippen LogP contribution >= 0.6 is 35.0 Å². The molecule has 35 heavy (non-hydrogen) atoms. The Bertz CT molecular complexity index is 1210. The molecule has 2 aromatic rings. The first-order valence-electron chi connectivity index (χ1n) is 10.4. The number of amides is 2. The standard InChI is InChI=1S/C25H23Cl2NO6S/c1-5-6-16-9-15(11-21-23(29)28(25(31)35-21)14(2)24(30)33-4)10-20(32-3)22(16)34-13-17-7-8-18(26)12-19(17)27/h5,7-12,14H,1,6,13H2,2-4H3/b21-11+/t14-/m1/s1. The van der Waals surface area contributed by atoms with Gasteiger partial charge in [-0.05, 0) is 61.0 Å². The molecule has 10 heteroatoms. The Labute approximate surface area is 217 Å². The normalized spacial score (nSPS) is 15.3. The van der Waals surface area contributed by atoms with E-state index >= 15 is 0 Å². The van der Waals surface area contributed by atoms with Crippen LogP contribution in [0.1, 0.15) is 23.6 Å². The first kappa shape index (κ1) is 26.7. The van der Waals surface area contributed by atoms with Crippen LogP contribution < -0.4 is 9.47 Å². The molecule has 0 aliphatic carbocycles. The maximum absolute atomic E-state index is 12.8. The first-order valence-corrected chi connectivity index (χ1v) is 12.0. The van der Waals surface area contributed by atoms with E-state index in [9.17, 15) is 14.4 Å². The highest BCUT2D eigenvalue weighted by Gasteiger charge is 2.41. The van der Waals surface area contributed by atoms with Gasteiger partial charge in [0.2, 0.25) is 0 Å². The van der Waals surface area contributed by atoms with E-state index in [1.807, 2.05) is 6.07 Å². The molecule has 3 rings (SSSR count). The van der Waals surface area contributed by atoms with Gasteiger partial charge in [0.15, 0.2) is 11.5 Å². The van der Waals surface area contributed by atoms with Crippen LogP contribution in [0, 0.1) is 0 Å². The molecule has 0 radical (unpaired) electrons. The summed E-state index contributed by atoms with van der Waals surface area (Å²) in [4.78, 5) is 38.2. The summed E-state index contributed by atoms with van der Waals surface area (Å²) in [5.74, 6) is -0.309. The number of thioether (sulfide) groups is 1. The lowest BCUT2D eigenvalue weighted by atomic mass is 10.0. The molecule has 1 aliphatic rings. The smallest absolute Gasteiger partial charge is 0.328 e. The molecule has 0 unspecified atom stereocenters. The molecule has 0 bridgehead atoms. The molecule has 1 saturated heterocycles. The van der Waals surface area contributed by atoms with Crippen LogP contribution in [0.3, 0.4) is 0 Å². The van der Waals surface area contributed by atoms with Gasteiger partial charge in [0.05, 0.1) is 19.1 Å². The van der Waals surface area contributed by atoms with E-state index in [1.54, 1.807) is 36.4 Å². The minimum Gasteiger partial charge on any atom is -0.493 e. The zero-order valence-corrected chi connectivity index (χ0v) is 21.6. The number of hydrogen-bond donors (Lipinski definition) is 0. The summed E-state index contributed by atoms with van der Waals surface area (Å²) in [6.45, 7) is 5.42. The number of halogens is 2. The van der Waals surface area contributed by atoms with Crippen molar-refractivity contribution in [3.05, 3.63) is 74.6 Å². The summed E-state index contributed by atoms with van der Waals surface area (Å²) in [5, 5.41) is 0.464. The molecule has 1 atom stereocenters. The molecule has 0 spiro atoms. The first-order chi connectivity index (χ1) is 16.7. The zero-order valence-electron chi connectivity index (χ0n) is 19.3. The van der Waals surface area contributed by atoms with Crippen LogP contribution in [0.5, 0.6) is 11.5 Å². The second-order valence-electron chi connectivity index (χ2n) is 7.48. The minimum atomic E-state index is -1.03. The lowest BCUT2D eigenvalue weighted by molar-refractivity contribution is -0.148. The van der Waals surface area contributed by atoms with Crippen molar-refractivity contribution in [2.75, 3.05) is 14.2 Å². The van der Waals surface area contributed by atoms with Crippen molar-refractivity contribution in [1.29, 1.82) is 0 Å². The number of rotatable bonds is 9. The molecule has 0 aromatic heterocycles. The maximum Gasteiger partial charge on any atom is 0.328 e. The monoisotopic (exact) mass is 535 g/mol. The molecule has 1 heterocycles. The number of methoxy groups -OCH3 is 2. The molecule has 1 fully saturated rings. The summed E-state index contributed by atoms with van der Waals surface area (Å²) in [5.41, 5.74) is 2.13. The third-order valence-corrected chi connectivity index (χ3v) is 6.65. The zero-order chi connectivity index (χ0) is 25.7. The molecule has 0 saturated carbocycles. The molecule has 184 valence electrons. The number of carbonyl (C=O) groups excluding carboxylic acids is 3. The molecular formula is C25H23Cl2NO6S. The SMILES string of the molecule is C=CCc1cc(/C=C2/SC(=O)N([C@H](C)C(=O)OC)C2=O)cc(OC)c1OCc1ccc(Cl)cc1Cl. The van der Waals surface area contributed by atoms with Gasteiger partial charge in [-0.3, -0.25) is 14.5 Å². The Morgan fingerprint density at radius 1 is 1.17 bits per heavy atom. The van der Waals surface area contributed by atoms with Crippen LogP contribution in [0.15, 0.2) is 47.9 Å². The van der Waals surface area contributed by atoms with Crippen LogP contribution in [-0.4, -0.2) is 42.3 Å². The predicted octanol–water partition coefficient (Wildman–Crippen LogP) is 5.91. The number of benzene rings is 2. The van der Waals surface area contributed by atoms with E-state index in [-0.39, 0.29) is 11.5 Å². The Hall–Kier alpha value is -2.94. The second kappa shape index (κ2) is 11.7. The fourth-order valence-corrected chi connectivity index (χ4v) is 4.79. The quantitative estimate of drug-likeness (QED) is 0.224. The molecule has 1 aliphatic heterocycles. The molecule has 2 aromatic carbocycles. The number of esters is 1. The fourth-order valence-electron chi connectivity index (χ4n) is 3.42. The van der Waals surface area contributed by atoms with Gasteiger partial charge < -0.3 is 14.2 Å². The summed E-state index contributed by atoms with van der Waals surface area (Å²) in [7, 11) is 2.70. The Kier molecular flexibility index (Phi) is 8.88. The van der Waals surface area contributed by atoms with Gasteiger partial charge in [-0.15, -0.1) is 6.58 Å². The van der Waals surface area contributed by atoms with Crippen LogP contribution in [0.4, 0.5) is 4.79 Å². The van der Waals surface area contributed by atoms with E-state index in [0.29, 0.717) is 33.5 Å². The maximum atomic E-state index is 12.8. The van der Waals surface area contributed by atoms with Gasteiger partial charge in [-0.1, -0.05) is 35.3 Å². The Morgan fingerprint density at radius 3 is 2.54 bits per heavy atom. The van der Waals surface area contributed by atoms with Crippen molar-refractivity contribution < 1.29 is 28.6 Å². The largest absolute Gasteiger partial charge is 0.493 e. The van der Waals surface area contributed by atoms with E-state index in [1.165, 1.54) is 21.1 Å². The van der Waals surface area contributed by atoms with E-state index in [4.69, 9.17) is 32.7 Å². The van der Waals surface area contributed by atoms with Gasteiger partial charge in [0.25, 0.3) is 11.1 Å². The summed E-state index contributed by atoms with van der Waals surface area (Å²) >= 11 is 13.0. The highest BCUT2D eigenvalue weighted by atomic mass is 35.5. The lowest BCUT2D eigenvalue weighted by Gasteiger charge is -2.18. The Balaban J connectivity index is 1.93. The average Bonchev–Trinajstić information content (AvgIpc) is 3.10. The van der Waals surface area contributed by atoms with Crippen molar-refractivity contribution >= 4 is 58.2 Å². The van der Waals surface area contributed by atoms with Crippen LogP contribution in [0.2, 0.25) is 10.0 Å². The summed E-state index contributed by atoms with van der Waals surface area (Å²) in [6, 6.07) is 7.64. The average molecular weight is 536 g/mol. The van der Waals surface area contributed by atoms with E-state index in [2.05, 4.69) is 11.3 Å². The number of imide groups is 1. The predicted molar refractivity (Wildman–Crippen MR) is 137 cm³/mol. The van der Waals surface area contributed by atoms with Gasteiger partial charge in [0, 0.05) is 21.2 Å². The van der Waals surface area contributed by atoms with Crippen molar-refractivity contribution in [1.82, 2.24) is 4.90 Å². The fraction of sp³-hybridized carbons (Fsp3) is 0.240. The lowest BCUT2D eigenvalue weighted by Crippen LogP contribution is -2.42. The topological polar surface area (TPSA) is 82.1 Å². The molecule has 7 nitrogen and oxygen atoms in total. The second-order valence-corrected chi connectivity index (χ2v) is 9.32. The highest BCUT2D eigenvalue weighted by Crippen LogP contribution is 2.38. The van der Waals surface area contributed by atoms with Gasteiger partial charge >= 0.3 is 5.97 Å². The van der Waals surface area contributed by atoms with E-state index < -0.39 is 23.2 Å². The van der Waals surface area contributed by atoms with Crippen molar-refractivity contribution in [2.24, 2.45) is 0 Å². The molecule has 2 amide bonds.